The van der Waals surface area contributed by atoms with Crippen LogP contribution in [0.1, 0.15) is 0 Å². The van der Waals surface area contributed by atoms with Crippen LogP contribution in [0.4, 0.5) is 10.1 Å². The zero-order valence-corrected chi connectivity index (χ0v) is 10.3. The second kappa shape index (κ2) is 4.99. The van der Waals surface area contributed by atoms with Gasteiger partial charge in [0.15, 0.2) is 0 Å². The van der Waals surface area contributed by atoms with E-state index in [1.54, 1.807) is 0 Å². The SMILES string of the molecule is O=[N+]([O-])c1cc(S(=O)(=O)[O-])ccc1F.[Na+]. The van der Waals surface area contributed by atoms with Crippen LogP contribution in [0.25, 0.3) is 0 Å². The number of hydrogen-bond donors (Lipinski definition) is 0. The third-order valence-electron chi connectivity index (χ3n) is 1.40. The quantitative estimate of drug-likeness (QED) is 0.250. The van der Waals surface area contributed by atoms with Gasteiger partial charge in [-0.15, -0.1) is 0 Å². The standard InChI is InChI=1S/C6H4FNO5S.Na/c7-5-2-1-4(14(11,12)13)3-6(5)8(9)10;/h1-3H,(H,11,12,13);/q;+1/p-1. The molecule has 0 saturated carbocycles. The molecule has 0 aliphatic rings. The van der Waals surface area contributed by atoms with Crippen molar-refractivity contribution in [2.45, 2.75) is 4.90 Å². The number of halogens is 1. The topological polar surface area (TPSA) is 100 Å². The number of nitro benzene ring substituents is 1. The molecule has 0 aliphatic heterocycles. The number of nitro groups is 1. The summed E-state index contributed by atoms with van der Waals surface area (Å²) in [5.74, 6) is -1.19. The van der Waals surface area contributed by atoms with Gasteiger partial charge in [-0.05, 0) is 12.1 Å². The maximum atomic E-state index is 12.7. The van der Waals surface area contributed by atoms with Gasteiger partial charge in [-0.2, -0.15) is 4.39 Å². The van der Waals surface area contributed by atoms with E-state index in [2.05, 4.69) is 0 Å². The van der Waals surface area contributed by atoms with Crippen molar-refractivity contribution in [3.63, 3.8) is 0 Å². The molecule has 0 bridgehead atoms. The molecule has 76 valence electrons. The summed E-state index contributed by atoms with van der Waals surface area (Å²) in [5.41, 5.74) is -1.04. The summed E-state index contributed by atoms with van der Waals surface area (Å²) in [6, 6.07) is 1.62. The zero-order valence-electron chi connectivity index (χ0n) is 7.51. The van der Waals surface area contributed by atoms with Gasteiger partial charge in [-0.25, -0.2) is 8.42 Å². The fraction of sp³-hybridized carbons (Fsp3) is 0. The van der Waals surface area contributed by atoms with Crippen molar-refractivity contribution in [1.82, 2.24) is 0 Å². The molecule has 0 spiro atoms. The monoisotopic (exact) mass is 243 g/mol. The summed E-state index contributed by atoms with van der Waals surface area (Å²) in [7, 11) is -4.80. The molecule has 0 aromatic heterocycles. The number of nitrogens with zero attached hydrogens (tertiary/aromatic N) is 1. The molecule has 0 fully saturated rings. The van der Waals surface area contributed by atoms with E-state index in [0.717, 1.165) is 0 Å². The Labute approximate surface area is 106 Å². The summed E-state index contributed by atoms with van der Waals surface area (Å²) in [5, 5.41) is 10.2. The minimum absolute atomic E-state index is 0. The van der Waals surface area contributed by atoms with E-state index in [1.165, 1.54) is 0 Å². The van der Waals surface area contributed by atoms with E-state index < -0.39 is 31.4 Å². The van der Waals surface area contributed by atoms with Crippen molar-refractivity contribution in [3.8, 4) is 0 Å². The summed E-state index contributed by atoms with van der Waals surface area (Å²) in [6.07, 6.45) is 0. The summed E-state index contributed by atoms with van der Waals surface area (Å²) < 4.78 is 43.9. The Morgan fingerprint density at radius 2 is 1.87 bits per heavy atom. The average molecular weight is 243 g/mol. The number of benzene rings is 1. The molecule has 0 radical (unpaired) electrons. The van der Waals surface area contributed by atoms with Crippen molar-refractivity contribution in [3.05, 3.63) is 34.1 Å². The third-order valence-corrected chi connectivity index (χ3v) is 2.23. The number of hydrogen-bond acceptors (Lipinski definition) is 5. The van der Waals surface area contributed by atoms with Crippen LogP contribution >= 0.6 is 0 Å². The minimum Gasteiger partial charge on any atom is -0.744 e. The molecule has 9 heteroatoms. The van der Waals surface area contributed by atoms with E-state index in [4.69, 9.17) is 0 Å². The molecular weight excluding hydrogens is 240 g/mol. The van der Waals surface area contributed by atoms with Crippen molar-refractivity contribution in [1.29, 1.82) is 0 Å². The molecule has 6 nitrogen and oxygen atoms in total. The van der Waals surface area contributed by atoms with Crippen LogP contribution in [-0.4, -0.2) is 17.9 Å². The fourth-order valence-electron chi connectivity index (χ4n) is 0.788. The van der Waals surface area contributed by atoms with E-state index >= 15 is 0 Å². The second-order valence-corrected chi connectivity index (χ2v) is 3.70. The molecule has 1 rings (SSSR count). The van der Waals surface area contributed by atoms with E-state index in [1.807, 2.05) is 0 Å². The van der Waals surface area contributed by atoms with Gasteiger partial charge in [0, 0.05) is 6.07 Å². The summed E-state index contributed by atoms with van der Waals surface area (Å²) >= 11 is 0. The van der Waals surface area contributed by atoms with Crippen molar-refractivity contribution < 1.29 is 51.8 Å². The smallest absolute Gasteiger partial charge is 0.744 e. The van der Waals surface area contributed by atoms with Crippen LogP contribution < -0.4 is 29.6 Å². The maximum absolute atomic E-state index is 12.7. The van der Waals surface area contributed by atoms with Gasteiger partial charge < -0.3 is 4.55 Å². The normalized spacial score (nSPS) is 10.5. The first-order valence-corrected chi connectivity index (χ1v) is 4.63. The van der Waals surface area contributed by atoms with Crippen molar-refractivity contribution >= 4 is 15.8 Å². The van der Waals surface area contributed by atoms with Crippen molar-refractivity contribution in [2.75, 3.05) is 0 Å². The Bertz CT molecular complexity index is 488. The molecule has 0 amide bonds. The maximum Gasteiger partial charge on any atom is 1.00 e. The van der Waals surface area contributed by atoms with Gasteiger partial charge in [-0.1, -0.05) is 0 Å². The summed E-state index contributed by atoms with van der Waals surface area (Å²) in [6.45, 7) is 0. The largest absolute Gasteiger partial charge is 1.00 e. The molecule has 0 N–H and O–H groups in total. The Morgan fingerprint density at radius 1 is 1.33 bits per heavy atom. The molecule has 15 heavy (non-hydrogen) atoms. The minimum atomic E-state index is -4.80. The zero-order chi connectivity index (χ0) is 10.9. The summed E-state index contributed by atoms with van der Waals surface area (Å²) in [4.78, 5) is 8.23. The van der Waals surface area contributed by atoms with E-state index in [0.29, 0.717) is 18.2 Å². The van der Waals surface area contributed by atoms with Gasteiger partial charge in [0.2, 0.25) is 5.82 Å². The molecule has 0 atom stereocenters. The first-order chi connectivity index (χ1) is 6.32. The van der Waals surface area contributed by atoms with Gasteiger partial charge in [0.25, 0.3) is 0 Å². The molecule has 0 saturated heterocycles. The van der Waals surface area contributed by atoms with Gasteiger partial charge in [0.05, 0.1) is 9.82 Å². The van der Waals surface area contributed by atoms with Gasteiger partial charge in [0.1, 0.15) is 10.1 Å². The van der Waals surface area contributed by atoms with E-state index in [9.17, 15) is 27.5 Å². The van der Waals surface area contributed by atoms with Crippen LogP contribution in [0.5, 0.6) is 0 Å². The first kappa shape index (κ1) is 14.5. The molecule has 0 unspecified atom stereocenters. The fourth-order valence-corrected chi connectivity index (χ4v) is 1.28. The first-order valence-electron chi connectivity index (χ1n) is 3.22. The third kappa shape index (κ3) is 3.50. The molecule has 1 aromatic rings. The Hall–Kier alpha value is -0.540. The van der Waals surface area contributed by atoms with Crippen LogP contribution in [0.2, 0.25) is 0 Å². The second-order valence-electron chi connectivity index (χ2n) is 2.32. The van der Waals surface area contributed by atoms with Gasteiger partial charge in [-0.3, -0.25) is 10.1 Å². The van der Waals surface area contributed by atoms with Crippen LogP contribution in [-0.2, 0) is 10.1 Å². The van der Waals surface area contributed by atoms with E-state index in [-0.39, 0.29) is 29.6 Å². The molecule has 1 aromatic carbocycles. The van der Waals surface area contributed by atoms with Crippen LogP contribution in [0.3, 0.4) is 0 Å². The predicted molar refractivity (Wildman–Crippen MR) is 41.0 cm³/mol. The molecular formula is C6H3FNNaO5S. The molecule has 0 heterocycles. The van der Waals surface area contributed by atoms with Crippen molar-refractivity contribution in [2.24, 2.45) is 0 Å². The Balaban J connectivity index is 0.00000196. The average Bonchev–Trinajstić information content (AvgIpc) is 2.02. The van der Waals surface area contributed by atoms with Gasteiger partial charge >= 0.3 is 35.2 Å². The van der Waals surface area contributed by atoms with Crippen LogP contribution in [0, 0.1) is 15.9 Å². The predicted octanol–water partition coefficient (Wildman–Crippen LogP) is -2.36. The van der Waals surface area contributed by atoms with Crippen LogP contribution in [0.15, 0.2) is 23.1 Å². The number of rotatable bonds is 2. The molecule has 0 aliphatic carbocycles. The Kier molecular flexibility index (Phi) is 4.81. The Morgan fingerprint density at radius 3 is 2.27 bits per heavy atom.